The molecule has 0 saturated heterocycles. The Labute approximate surface area is 134 Å². The van der Waals surface area contributed by atoms with Gasteiger partial charge in [-0.05, 0) is 28.2 Å². The van der Waals surface area contributed by atoms with Gasteiger partial charge in [0.05, 0.1) is 8.07 Å². The van der Waals surface area contributed by atoms with Crippen LogP contribution in [-0.2, 0) is 5.41 Å². The third kappa shape index (κ3) is 3.75. The van der Waals surface area contributed by atoms with E-state index in [9.17, 15) is 0 Å². The first-order valence-corrected chi connectivity index (χ1v) is 11.2. The lowest BCUT2D eigenvalue weighted by atomic mass is 9.83. The Kier molecular flexibility index (Phi) is 4.32. The molecule has 21 heavy (non-hydrogen) atoms. The summed E-state index contributed by atoms with van der Waals surface area (Å²) in [6, 6.07) is 10.9. The van der Waals surface area contributed by atoms with Gasteiger partial charge in [0.2, 0.25) is 0 Å². The number of pyridine rings is 1. The van der Waals surface area contributed by atoms with Gasteiger partial charge in [-0.15, -0.1) is 0 Å². The number of benzene rings is 1. The Morgan fingerprint density at radius 2 is 1.57 bits per heavy atom. The maximum Gasteiger partial charge on any atom is 0.129 e. The van der Waals surface area contributed by atoms with E-state index < -0.39 is 8.07 Å². The van der Waals surface area contributed by atoms with Gasteiger partial charge in [0.15, 0.2) is 0 Å². The first-order chi connectivity index (χ1) is 9.59. The monoisotopic (exact) mass is 317 g/mol. The van der Waals surface area contributed by atoms with Crippen molar-refractivity contribution in [1.29, 1.82) is 0 Å². The number of rotatable bonds is 2. The summed E-state index contributed by atoms with van der Waals surface area (Å²) in [7, 11) is -1.26. The Morgan fingerprint density at radius 3 is 2.05 bits per heavy atom. The third-order valence-electron chi connectivity index (χ3n) is 3.74. The van der Waals surface area contributed by atoms with Crippen LogP contribution in [0.3, 0.4) is 0 Å². The van der Waals surface area contributed by atoms with Crippen molar-refractivity contribution in [1.82, 2.24) is 4.98 Å². The quantitative estimate of drug-likeness (QED) is 0.545. The van der Waals surface area contributed by atoms with Gasteiger partial charge in [-0.3, -0.25) is 0 Å². The molecule has 1 heterocycles. The highest BCUT2D eigenvalue weighted by Gasteiger charge is 2.21. The maximum absolute atomic E-state index is 6.12. The minimum absolute atomic E-state index is 0.0460. The van der Waals surface area contributed by atoms with Crippen molar-refractivity contribution in [3.63, 3.8) is 0 Å². The summed E-state index contributed by atoms with van der Waals surface area (Å²) in [4.78, 5) is 4.26. The van der Waals surface area contributed by atoms with Crippen LogP contribution in [0.5, 0.6) is 0 Å². The summed E-state index contributed by atoms with van der Waals surface area (Å²) in [5.74, 6) is 0. The first kappa shape index (κ1) is 16.3. The van der Waals surface area contributed by atoms with E-state index in [1.54, 1.807) is 0 Å². The van der Waals surface area contributed by atoms with E-state index >= 15 is 0 Å². The molecule has 0 atom stereocenters. The zero-order valence-electron chi connectivity index (χ0n) is 13.8. The average molecular weight is 318 g/mol. The lowest BCUT2D eigenvalue weighted by Crippen LogP contribution is -2.37. The molecule has 1 aromatic carbocycles. The second-order valence-electron chi connectivity index (χ2n) is 7.63. The smallest absolute Gasteiger partial charge is 0.129 e. The van der Waals surface area contributed by atoms with Crippen LogP contribution in [-0.4, -0.2) is 13.1 Å². The molecule has 1 aromatic heterocycles. The van der Waals surface area contributed by atoms with E-state index in [2.05, 4.69) is 69.7 Å². The number of halogens is 1. The molecule has 0 aliphatic carbocycles. The molecule has 0 radical (unpaired) electrons. The highest BCUT2D eigenvalue weighted by molar-refractivity contribution is 6.88. The molecule has 0 aliphatic rings. The molecular formula is C18H24ClNSi. The molecule has 0 amide bonds. The summed E-state index contributed by atoms with van der Waals surface area (Å²) < 4.78 is 0. The van der Waals surface area contributed by atoms with E-state index in [1.807, 2.05) is 12.3 Å². The van der Waals surface area contributed by atoms with Crippen molar-refractivity contribution in [2.24, 2.45) is 0 Å². The largest absolute Gasteiger partial charge is 0.244 e. The SMILES string of the molecule is CC(C)(C)c1cnc(Cl)cc1-c1ccc([Si](C)(C)C)cc1. The number of hydrogen-bond acceptors (Lipinski definition) is 1. The highest BCUT2D eigenvalue weighted by atomic mass is 35.5. The molecule has 2 aromatic rings. The summed E-state index contributed by atoms with van der Waals surface area (Å²) >= 11 is 6.12. The molecule has 1 nitrogen and oxygen atoms in total. The zero-order valence-corrected chi connectivity index (χ0v) is 15.5. The predicted octanol–water partition coefficient (Wildman–Crippen LogP) is 5.24. The number of aromatic nitrogens is 1. The molecule has 0 unspecified atom stereocenters. The van der Waals surface area contributed by atoms with Gasteiger partial charge in [0.25, 0.3) is 0 Å². The van der Waals surface area contributed by atoms with Crippen LogP contribution in [0.4, 0.5) is 0 Å². The summed E-state index contributed by atoms with van der Waals surface area (Å²) in [5, 5.41) is 2.02. The van der Waals surface area contributed by atoms with Crippen molar-refractivity contribution < 1.29 is 0 Å². The van der Waals surface area contributed by atoms with Gasteiger partial charge < -0.3 is 0 Å². The summed E-state index contributed by atoms with van der Waals surface area (Å²) in [6.45, 7) is 13.7. The van der Waals surface area contributed by atoms with Crippen LogP contribution >= 0.6 is 11.6 Å². The van der Waals surface area contributed by atoms with Crippen LogP contribution in [0.1, 0.15) is 26.3 Å². The summed E-state index contributed by atoms with van der Waals surface area (Å²) in [5.41, 5.74) is 3.67. The molecule has 0 saturated carbocycles. The molecule has 0 fully saturated rings. The van der Waals surface area contributed by atoms with Crippen LogP contribution in [0.15, 0.2) is 36.5 Å². The fourth-order valence-corrected chi connectivity index (χ4v) is 3.74. The fraction of sp³-hybridized carbons (Fsp3) is 0.389. The lowest BCUT2D eigenvalue weighted by Gasteiger charge is -2.23. The molecule has 0 aliphatic heterocycles. The van der Waals surface area contributed by atoms with Crippen molar-refractivity contribution in [3.05, 3.63) is 47.2 Å². The van der Waals surface area contributed by atoms with E-state index in [1.165, 1.54) is 21.9 Å². The Morgan fingerprint density at radius 1 is 1.00 bits per heavy atom. The number of hydrogen-bond donors (Lipinski definition) is 0. The van der Waals surface area contributed by atoms with Crippen LogP contribution in [0.25, 0.3) is 11.1 Å². The second kappa shape index (κ2) is 5.58. The van der Waals surface area contributed by atoms with Gasteiger partial charge in [0, 0.05) is 6.20 Å². The van der Waals surface area contributed by atoms with Crippen molar-refractivity contribution in [2.75, 3.05) is 0 Å². The minimum Gasteiger partial charge on any atom is -0.244 e. The Hall–Kier alpha value is -1.12. The van der Waals surface area contributed by atoms with E-state index in [0.29, 0.717) is 5.15 Å². The lowest BCUT2D eigenvalue weighted by molar-refractivity contribution is 0.589. The first-order valence-electron chi connectivity index (χ1n) is 7.36. The Bertz CT molecular complexity index is 634. The highest BCUT2D eigenvalue weighted by Crippen LogP contribution is 2.33. The van der Waals surface area contributed by atoms with Gasteiger partial charge in [-0.1, -0.05) is 81.5 Å². The van der Waals surface area contributed by atoms with Gasteiger partial charge in [-0.2, -0.15) is 0 Å². The van der Waals surface area contributed by atoms with E-state index in [-0.39, 0.29) is 5.41 Å². The molecule has 2 rings (SSSR count). The number of nitrogens with zero attached hydrogens (tertiary/aromatic N) is 1. The molecule has 3 heteroatoms. The van der Waals surface area contributed by atoms with Gasteiger partial charge >= 0.3 is 0 Å². The van der Waals surface area contributed by atoms with Crippen molar-refractivity contribution in [2.45, 2.75) is 45.8 Å². The van der Waals surface area contributed by atoms with Crippen molar-refractivity contribution in [3.8, 4) is 11.1 Å². The molecule has 112 valence electrons. The zero-order chi connectivity index (χ0) is 15.8. The third-order valence-corrected chi connectivity index (χ3v) is 6.01. The average Bonchev–Trinajstić information content (AvgIpc) is 2.36. The normalized spacial score (nSPS) is 12.5. The fourth-order valence-electron chi connectivity index (χ4n) is 2.42. The van der Waals surface area contributed by atoms with Crippen molar-refractivity contribution >= 4 is 24.9 Å². The standard InChI is InChI=1S/C18H24ClNSi/c1-18(2,3)16-12-20-17(19)11-15(16)13-7-9-14(10-8-13)21(4,5)6/h7-12H,1-6H3. The topological polar surface area (TPSA) is 12.9 Å². The van der Waals surface area contributed by atoms with Crippen LogP contribution < -0.4 is 5.19 Å². The minimum atomic E-state index is -1.26. The van der Waals surface area contributed by atoms with Gasteiger partial charge in [-0.25, -0.2) is 4.98 Å². The van der Waals surface area contributed by atoms with Gasteiger partial charge in [0.1, 0.15) is 5.15 Å². The predicted molar refractivity (Wildman–Crippen MR) is 96.4 cm³/mol. The maximum atomic E-state index is 6.12. The summed E-state index contributed by atoms with van der Waals surface area (Å²) in [6.07, 6.45) is 1.91. The molecule has 0 spiro atoms. The Balaban J connectivity index is 2.54. The van der Waals surface area contributed by atoms with Crippen LogP contribution in [0.2, 0.25) is 24.8 Å². The molecule has 0 bridgehead atoms. The molecule has 0 N–H and O–H groups in total. The van der Waals surface area contributed by atoms with E-state index in [0.717, 1.165) is 0 Å². The van der Waals surface area contributed by atoms with E-state index in [4.69, 9.17) is 11.6 Å². The molecular weight excluding hydrogens is 294 g/mol. The second-order valence-corrected chi connectivity index (χ2v) is 13.1. The van der Waals surface area contributed by atoms with Crippen LogP contribution in [0, 0.1) is 0 Å².